The van der Waals surface area contributed by atoms with Gasteiger partial charge < -0.3 is 19.5 Å². The highest BCUT2D eigenvalue weighted by Crippen LogP contribution is 2.27. The molecule has 2 N–H and O–H groups in total. The van der Waals surface area contributed by atoms with Crippen LogP contribution in [0.4, 0.5) is 5.69 Å². The summed E-state index contributed by atoms with van der Waals surface area (Å²) in [6.07, 6.45) is 8.34. The number of likely N-dealkylation sites (N-methyl/N-ethyl adjacent to an activating group) is 1. The number of nitrogens with zero attached hydrogens (tertiary/aromatic N) is 5. The molecule has 204 valence electrons. The van der Waals surface area contributed by atoms with Gasteiger partial charge in [-0.15, -0.1) is 11.3 Å². The van der Waals surface area contributed by atoms with Crippen molar-refractivity contribution < 1.29 is 18.5 Å². The minimum Gasteiger partial charge on any atom is -0.477 e. The smallest absolute Gasteiger partial charge is 0.280 e. The molecule has 11 nitrogen and oxygen atoms in total. The van der Waals surface area contributed by atoms with Gasteiger partial charge >= 0.3 is 0 Å². The summed E-state index contributed by atoms with van der Waals surface area (Å²) in [6.45, 7) is 7.67. The topological polar surface area (TPSA) is 131 Å². The Morgan fingerprint density at radius 3 is 2.84 bits per heavy atom. The molecule has 2 fully saturated rings. The second-order valence-electron chi connectivity index (χ2n) is 8.93. The van der Waals surface area contributed by atoms with Crippen molar-refractivity contribution in [1.29, 1.82) is 0 Å². The van der Waals surface area contributed by atoms with Crippen LogP contribution in [0.3, 0.4) is 0 Å². The van der Waals surface area contributed by atoms with E-state index in [0.717, 1.165) is 43.2 Å². The maximum atomic E-state index is 12.5. The van der Waals surface area contributed by atoms with Gasteiger partial charge in [-0.05, 0) is 45.9 Å². The Hall–Kier alpha value is -3.00. The number of hydrogen-bond acceptors (Lipinski definition) is 10. The van der Waals surface area contributed by atoms with Gasteiger partial charge in [0.15, 0.2) is 5.01 Å². The van der Waals surface area contributed by atoms with Crippen LogP contribution in [0.5, 0.6) is 5.88 Å². The predicted octanol–water partition coefficient (Wildman–Crippen LogP) is 2.90. The highest BCUT2D eigenvalue weighted by atomic mass is 32.2. The first-order valence-corrected chi connectivity index (χ1v) is 14.5. The summed E-state index contributed by atoms with van der Waals surface area (Å²) in [5.74, 6) is 0.124. The van der Waals surface area contributed by atoms with Crippen LogP contribution in [0.15, 0.2) is 36.9 Å². The number of anilines is 1. The molecule has 1 saturated carbocycles. The fraction of sp³-hybridized carbons (Fsp3) is 0.480. The molecule has 1 aliphatic heterocycles. The number of carbonyl (C=O) groups excluding carboxylic acids is 1. The SMILES string of the molecule is CC1COCCN1C.CCOc1cncc(-c2cnc(C(=O)NCc3cc(NS(=O)C4CC4)ccn3)s2)n1. The van der Waals surface area contributed by atoms with E-state index in [4.69, 9.17) is 9.47 Å². The zero-order valence-electron chi connectivity index (χ0n) is 21.8. The van der Waals surface area contributed by atoms with Crippen molar-refractivity contribution in [2.24, 2.45) is 0 Å². The van der Waals surface area contributed by atoms with Gasteiger partial charge in [0.1, 0.15) is 16.7 Å². The molecular weight excluding hydrogens is 526 g/mol. The molecule has 0 aromatic carbocycles. The fourth-order valence-corrected chi connectivity index (χ4v) is 5.24. The molecule has 38 heavy (non-hydrogen) atoms. The second-order valence-corrected chi connectivity index (χ2v) is 11.4. The van der Waals surface area contributed by atoms with Crippen LogP contribution in [-0.2, 0) is 22.3 Å². The maximum absolute atomic E-state index is 12.5. The van der Waals surface area contributed by atoms with E-state index in [2.05, 4.69) is 48.8 Å². The number of morpholine rings is 1. The lowest BCUT2D eigenvalue weighted by Gasteiger charge is -2.29. The lowest BCUT2D eigenvalue weighted by atomic mass is 10.3. The third-order valence-corrected chi connectivity index (χ3v) is 8.38. The van der Waals surface area contributed by atoms with Crippen molar-refractivity contribution in [1.82, 2.24) is 30.2 Å². The molecule has 3 aromatic heterocycles. The Kier molecular flexibility index (Phi) is 10.1. The molecule has 1 aliphatic carbocycles. The van der Waals surface area contributed by atoms with E-state index in [1.165, 1.54) is 17.5 Å². The highest BCUT2D eigenvalue weighted by molar-refractivity contribution is 7.87. The summed E-state index contributed by atoms with van der Waals surface area (Å²) in [5, 5.41) is 3.36. The molecule has 2 atom stereocenters. The van der Waals surface area contributed by atoms with Gasteiger partial charge in [0, 0.05) is 30.7 Å². The summed E-state index contributed by atoms with van der Waals surface area (Å²) in [6, 6.07) is 4.16. The van der Waals surface area contributed by atoms with E-state index < -0.39 is 11.0 Å². The molecular formula is C25H33N7O4S2. The van der Waals surface area contributed by atoms with Gasteiger partial charge in [-0.2, -0.15) is 0 Å². The Morgan fingerprint density at radius 2 is 2.13 bits per heavy atom. The number of hydrogen-bond donors (Lipinski definition) is 2. The first-order chi connectivity index (χ1) is 18.4. The Morgan fingerprint density at radius 1 is 1.29 bits per heavy atom. The average molecular weight is 560 g/mol. The lowest BCUT2D eigenvalue weighted by molar-refractivity contribution is 0.0131. The summed E-state index contributed by atoms with van der Waals surface area (Å²) in [5.41, 5.74) is 1.98. The molecule has 1 saturated heterocycles. The predicted molar refractivity (Wildman–Crippen MR) is 147 cm³/mol. The van der Waals surface area contributed by atoms with Gasteiger partial charge in [-0.3, -0.25) is 19.7 Å². The lowest BCUT2D eigenvalue weighted by Crippen LogP contribution is -2.40. The van der Waals surface area contributed by atoms with Crippen molar-refractivity contribution in [3.05, 3.63) is 47.6 Å². The van der Waals surface area contributed by atoms with Crippen LogP contribution < -0.4 is 14.8 Å². The number of pyridine rings is 1. The number of amides is 1. The van der Waals surface area contributed by atoms with Crippen LogP contribution in [0.1, 0.15) is 42.2 Å². The molecule has 5 rings (SSSR count). The van der Waals surface area contributed by atoms with Gasteiger partial charge in [0.25, 0.3) is 5.91 Å². The quantitative estimate of drug-likeness (QED) is 0.406. The molecule has 1 amide bonds. The van der Waals surface area contributed by atoms with Crippen molar-refractivity contribution in [3.8, 4) is 16.5 Å². The van der Waals surface area contributed by atoms with Crippen LogP contribution in [0.25, 0.3) is 10.6 Å². The van der Waals surface area contributed by atoms with E-state index >= 15 is 0 Å². The van der Waals surface area contributed by atoms with E-state index in [1.807, 2.05) is 6.92 Å². The molecule has 0 radical (unpaired) electrons. The summed E-state index contributed by atoms with van der Waals surface area (Å²) in [7, 11) is 1.06. The fourth-order valence-electron chi connectivity index (χ4n) is 3.36. The Labute approximate surface area is 229 Å². The van der Waals surface area contributed by atoms with Crippen LogP contribution in [0.2, 0.25) is 0 Å². The molecule has 0 bridgehead atoms. The number of ether oxygens (including phenoxy) is 2. The highest BCUT2D eigenvalue weighted by Gasteiger charge is 2.28. The van der Waals surface area contributed by atoms with Crippen molar-refractivity contribution in [2.75, 3.05) is 38.1 Å². The summed E-state index contributed by atoms with van der Waals surface area (Å²) >= 11 is 1.22. The first-order valence-electron chi connectivity index (χ1n) is 12.5. The third kappa shape index (κ3) is 8.25. The van der Waals surface area contributed by atoms with Crippen LogP contribution in [-0.4, -0.2) is 79.7 Å². The molecule has 0 spiro atoms. The minimum absolute atomic E-state index is 0.235. The normalized spacial score (nSPS) is 18.1. The average Bonchev–Trinajstić information content (AvgIpc) is 3.66. The van der Waals surface area contributed by atoms with E-state index in [0.29, 0.717) is 34.9 Å². The largest absolute Gasteiger partial charge is 0.477 e. The second kappa shape index (κ2) is 13.7. The van der Waals surface area contributed by atoms with Crippen molar-refractivity contribution >= 4 is 33.9 Å². The van der Waals surface area contributed by atoms with E-state index in [1.54, 1.807) is 30.7 Å². The minimum atomic E-state index is -1.07. The molecule has 4 heterocycles. The number of rotatable bonds is 9. The summed E-state index contributed by atoms with van der Waals surface area (Å²) < 4.78 is 25.6. The molecule has 13 heteroatoms. The zero-order chi connectivity index (χ0) is 26.9. The first kappa shape index (κ1) is 28.0. The Balaban J connectivity index is 0.000000360. The van der Waals surface area contributed by atoms with E-state index in [-0.39, 0.29) is 17.7 Å². The van der Waals surface area contributed by atoms with Crippen molar-refractivity contribution in [2.45, 2.75) is 44.5 Å². The standard InChI is InChI=1S/C19H20N6O3S2.C6H13NO/c1-2-28-17-11-20-9-15(24-17)16-10-23-19(29-16)18(26)22-8-13-7-12(5-6-21-13)25-30(27)14-3-4-14;1-6-5-8-4-3-7(6)2/h5-7,9-11,14H,2-4,8H2,1H3,(H,21,25)(H,22,26);6H,3-5H2,1-2H3. The van der Waals surface area contributed by atoms with Crippen LogP contribution in [0, 0.1) is 0 Å². The van der Waals surface area contributed by atoms with E-state index in [9.17, 15) is 9.00 Å². The number of thiazole rings is 1. The third-order valence-electron chi connectivity index (χ3n) is 5.85. The van der Waals surface area contributed by atoms with Gasteiger partial charge in [-0.25, -0.2) is 14.2 Å². The van der Waals surface area contributed by atoms with Crippen molar-refractivity contribution in [3.63, 3.8) is 0 Å². The maximum Gasteiger partial charge on any atom is 0.280 e. The molecule has 3 aromatic rings. The number of nitrogens with one attached hydrogen (secondary N) is 2. The monoisotopic (exact) mass is 559 g/mol. The zero-order valence-corrected chi connectivity index (χ0v) is 23.4. The molecule has 2 aliphatic rings. The van der Waals surface area contributed by atoms with Crippen LogP contribution >= 0.6 is 11.3 Å². The summed E-state index contributed by atoms with van der Waals surface area (Å²) in [4.78, 5) is 32.4. The van der Waals surface area contributed by atoms with Gasteiger partial charge in [-0.1, -0.05) is 0 Å². The molecule has 2 unspecified atom stereocenters. The Bertz CT molecular complexity index is 1230. The number of aromatic nitrogens is 4. The van der Waals surface area contributed by atoms with Gasteiger partial charge in [0.05, 0.1) is 54.6 Å². The number of carbonyl (C=O) groups is 1. The van der Waals surface area contributed by atoms with Gasteiger partial charge in [0.2, 0.25) is 5.88 Å².